The van der Waals surface area contributed by atoms with Gasteiger partial charge in [0, 0.05) is 23.6 Å². The van der Waals surface area contributed by atoms with Crippen molar-refractivity contribution in [3.8, 4) is 11.5 Å². The van der Waals surface area contributed by atoms with Crippen molar-refractivity contribution in [2.45, 2.75) is 6.54 Å². The number of hydrogen-bond donors (Lipinski definition) is 0. The average Bonchev–Trinajstić information content (AvgIpc) is 3.07. The second-order valence-electron chi connectivity index (χ2n) is 4.52. The van der Waals surface area contributed by atoms with Gasteiger partial charge >= 0.3 is 23.0 Å². The smallest absolute Gasteiger partial charge is 0.392 e. The highest BCUT2D eigenvalue weighted by atomic mass is 16.4. The molecule has 5 rings (SSSR count). The lowest BCUT2D eigenvalue weighted by Crippen LogP contribution is -2.31. The van der Waals surface area contributed by atoms with Crippen LogP contribution >= 0.6 is 0 Å². The molecule has 0 spiro atoms. The molecule has 0 amide bonds. The summed E-state index contributed by atoms with van der Waals surface area (Å²) in [5.41, 5.74) is 3.60. The summed E-state index contributed by atoms with van der Waals surface area (Å²) >= 11 is 0. The first kappa shape index (κ1) is 9.21. The van der Waals surface area contributed by atoms with Gasteiger partial charge in [0.25, 0.3) is 0 Å². The van der Waals surface area contributed by atoms with E-state index < -0.39 is 0 Å². The fraction of sp³-hybridized carbons (Fsp3) is 0.0769. The zero-order valence-electron chi connectivity index (χ0n) is 9.82. The molecule has 0 unspecified atom stereocenters. The van der Waals surface area contributed by atoms with E-state index >= 15 is 0 Å². The third kappa shape index (κ3) is 1.02. The van der Waals surface area contributed by atoms with Crippen LogP contribution in [0.2, 0.25) is 0 Å². The molecule has 1 aliphatic rings. The number of imidazole rings is 1. The van der Waals surface area contributed by atoms with Crippen molar-refractivity contribution in [1.29, 1.82) is 0 Å². The van der Waals surface area contributed by atoms with Gasteiger partial charge in [-0.2, -0.15) is 9.55 Å². The Morgan fingerprint density at radius 2 is 2.16 bits per heavy atom. The SMILES string of the molecule is c1cnc2c(c1)-c1oc3c(nc4ncccn43)[n+]1C2. The fourth-order valence-electron chi connectivity index (χ4n) is 2.62. The van der Waals surface area contributed by atoms with Gasteiger partial charge in [0.2, 0.25) is 0 Å². The summed E-state index contributed by atoms with van der Waals surface area (Å²) in [6.45, 7) is 0.697. The molecule has 0 fully saturated rings. The van der Waals surface area contributed by atoms with Gasteiger partial charge < -0.3 is 4.42 Å². The lowest BCUT2D eigenvalue weighted by Gasteiger charge is -1.91. The van der Waals surface area contributed by atoms with Crippen LogP contribution in [0.15, 0.2) is 41.2 Å². The molecule has 0 atom stereocenters. The number of fused-ring (bicyclic) bond motifs is 7. The highest BCUT2D eigenvalue weighted by Crippen LogP contribution is 2.29. The Balaban J connectivity index is 1.93. The number of nitrogens with zero attached hydrogens (tertiary/aromatic N) is 5. The van der Waals surface area contributed by atoms with Gasteiger partial charge in [-0.05, 0) is 18.2 Å². The Morgan fingerprint density at radius 1 is 1.21 bits per heavy atom. The van der Waals surface area contributed by atoms with Gasteiger partial charge in [-0.25, -0.2) is 4.40 Å². The van der Waals surface area contributed by atoms with Crippen molar-refractivity contribution in [2.24, 2.45) is 0 Å². The minimum atomic E-state index is 0.649. The summed E-state index contributed by atoms with van der Waals surface area (Å²) in [5.74, 6) is 1.47. The number of hydrogen-bond acceptors (Lipinski definition) is 4. The molecule has 0 aromatic carbocycles. The second-order valence-corrected chi connectivity index (χ2v) is 4.52. The van der Waals surface area contributed by atoms with Crippen LogP contribution in [0.3, 0.4) is 0 Å². The molecule has 0 radical (unpaired) electrons. The molecule has 0 aliphatic carbocycles. The van der Waals surface area contributed by atoms with E-state index in [1.54, 1.807) is 12.4 Å². The molecule has 5 heterocycles. The maximum Gasteiger partial charge on any atom is 0.392 e. The van der Waals surface area contributed by atoms with Gasteiger partial charge in [0.05, 0.1) is 11.3 Å². The van der Waals surface area contributed by atoms with Crippen molar-refractivity contribution in [1.82, 2.24) is 19.4 Å². The largest absolute Gasteiger partial charge is 0.396 e. The van der Waals surface area contributed by atoms with Crippen molar-refractivity contribution in [3.05, 3.63) is 42.5 Å². The molecule has 6 heteroatoms. The molecule has 0 bridgehead atoms. The van der Waals surface area contributed by atoms with Crippen LogP contribution in [0.5, 0.6) is 0 Å². The summed E-state index contributed by atoms with van der Waals surface area (Å²) in [6, 6.07) is 5.80. The Bertz CT molecular complexity index is 952. The molecule has 6 nitrogen and oxygen atoms in total. The van der Waals surface area contributed by atoms with Crippen molar-refractivity contribution < 1.29 is 8.98 Å². The van der Waals surface area contributed by atoms with E-state index in [1.807, 2.05) is 33.4 Å². The first-order valence-electron chi connectivity index (χ1n) is 6.01. The minimum absolute atomic E-state index is 0.649. The first-order valence-corrected chi connectivity index (χ1v) is 6.01. The molecule has 0 saturated carbocycles. The summed E-state index contributed by atoms with van der Waals surface area (Å²) in [4.78, 5) is 13.1. The molecule has 0 saturated heterocycles. The van der Waals surface area contributed by atoms with Crippen LogP contribution in [0.1, 0.15) is 5.69 Å². The van der Waals surface area contributed by atoms with E-state index in [4.69, 9.17) is 4.42 Å². The predicted molar refractivity (Wildman–Crippen MR) is 65.3 cm³/mol. The molecule has 19 heavy (non-hydrogen) atoms. The Labute approximate surface area is 107 Å². The lowest BCUT2D eigenvalue weighted by atomic mass is 10.2. The van der Waals surface area contributed by atoms with E-state index in [0.717, 1.165) is 28.5 Å². The monoisotopic (exact) mass is 250 g/mol. The topological polar surface area (TPSA) is 60.1 Å². The van der Waals surface area contributed by atoms with Gasteiger partial charge in [0.15, 0.2) is 0 Å². The number of aromatic nitrogens is 5. The Morgan fingerprint density at radius 3 is 3.16 bits per heavy atom. The highest BCUT2D eigenvalue weighted by Gasteiger charge is 2.34. The molecular weight excluding hydrogens is 242 g/mol. The molecule has 4 aromatic heterocycles. The van der Waals surface area contributed by atoms with Crippen LogP contribution in [0.4, 0.5) is 0 Å². The molecule has 0 N–H and O–H groups in total. The second kappa shape index (κ2) is 2.97. The average molecular weight is 250 g/mol. The van der Waals surface area contributed by atoms with E-state index in [1.165, 1.54) is 0 Å². The van der Waals surface area contributed by atoms with Crippen LogP contribution < -0.4 is 4.57 Å². The zero-order chi connectivity index (χ0) is 12.4. The summed E-state index contributed by atoms with van der Waals surface area (Å²) in [7, 11) is 0. The Kier molecular flexibility index (Phi) is 1.44. The molecular formula is C13H8N5O+. The van der Waals surface area contributed by atoms with Crippen LogP contribution in [-0.2, 0) is 6.54 Å². The van der Waals surface area contributed by atoms with Crippen molar-refractivity contribution in [3.63, 3.8) is 0 Å². The van der Waals surface area contributed by atoms with Crippen molar-refractivity contribution >= 4 is 17.1 Å². The summed E-state index contributed by atoms with van der Waals surface area (Å²) in [5, 5.41) is 0. The highest BCUT2D eigenvalue weighted by molar-refractivity contribution is 5.70. The summed E-state index contributed by atoms with van der Waals surface area (Å²) in [6.07, 6.45) is 5.43. The number of rotatable bonds is 0. The molecule has 4 aromatic rings. The van der Waals surface area contributed by atoms with Gasteiger partial charge in [-0.15, -0.1) is 0 Å². The predicted octanol–water partition coefficient (Wildman–Crippen LogP) is 1.19. The van der Waals surface area contributed by atoms with Gasteiger partial charge in [-0.1, -0.05) is 0 Å². The van der Waals surface area contributed by atoms with Crippen molar-refractivity contribution in [2.75, 3.05) is 0 Å². The quantitative estimate of drug-likeness (QED) is 0.387. The summed E-state index contributed by atoms with van der Waals surface area (Å²) < 4.78 is 9.87. The zero-order valence-corrected chi connectivity index (χ0v) is 9.82. The van der Waals surface area contributed by atoms with E-state index in [9.17, 15) is 0 Å². The molecule has 90 valence electrons. The van der Waals surface area contributed by atoms with Crippen LogP contribution in [0.25, 0.3) is 28.6 Å². The maximum atomic E-state index is 5.97. The Hall–Kier alpha value is -2.76. The van der Waals surface area contributed by atoms with Gasteiger partial charge in [0.1, 0.15) is 6.54 Å². The number of pyridine rings is 1. The van der Waals surface area contributed by atoms with E-state index in [2.05, 4.69) is 15.0 Å². The van der Waals surface area contributed by atoms with Crippen LogP contribution in [0, 0.1) is 0 Å². The standard InChI is InChI=1S/C13H8N5O/c1-3-8-9(14-4-1)7-18-10-12(19-11(8)18)17-6-2-5-15-13(17)16-10/h1-6H,7H2/q+1. The van der Waals surface area contributed by atoms with Gasteiger partial charge in [-0.3, -0.25) is 4.98 Å². The number of oxazole rings is 1. The third-order valence-corrected chi connectivity index (χ3v) is 3.47. The fourth-order valence-corrected chi connectivity index (χ4v) is 2.62. The molecule has 1 aliphatic heterocycles. The van der Waals surface area contributed by atoms with E-state index in [0.29, 0.717) is 12.3 Å². The lowest BCUT2D eigenvalue weighted by molar-refractivity contribution is -0.651. The third-order valence-electron chi connectivity index (χ3n) is 3.47. The first-order chi connectivity index (χ1) is 9.42. The minimum Gasteiger partial charge on any atom is -0.396 e. The van der Waals surface area contributed by atoms with E-state index in [-0.39, 0.29) is 0 Å². The normalized spacial score (nSPS) is 13.1. The maximum absolute atomic E-state index is 5.97. The van der Waals surface area contributed by atoms with Crippen LogP contribution in [-0.4, -0.2) is 19.4 Å².